The number of nitrogens with one attached hydrogen (secondary N) is 1. The maximum Gasteiger partial charge on any atom is 0.154 e. The Bertz CT molecular complexity index is 110. The van der Waals surface area contributed by atoms with Crippen molar-refractivity contribution in [1.82, 2.24) is 5.32 Å². The summed E-state index contributed by atoms with van der Waals surface area (Å²) in [5.41, 5.74) is 0. The van der Waals surface area contributed by atoms with Crippen LogP contribution in [0.15, 0.2) is 12.3 Å². The number of carbonyl (C=O) groups is 1. The molecule has 3 nitrogen and oxygen atoms in total. The van der Waals surface area contributed by atoms with Gasteiger partial charge in [0.1, 0.15) is 0 Å². The van der Waals surface area contributed by atoms with Gasteiger partial charge in [-0.3, -0.25) is 4.79 Å². The number of hydrogen-bond acceptors (Lipinski definition) is 3. The van der Waals surface area contributed by atoms with Crippen molar-refractivity contribution in [2.45, 2.75) is 6.92 Å². The summed E-state index contributed by atoms with van der Waals surface area (Å²) < 4.78 is 0. The van der Waals surface area contributed by atoms with E-state index in [-0.39, 0.29) is 12.4 Å². The molecule has 0 aliphatic carbocycles. The Kier molecular flexibility index (Phi) is 4.82. The van der Waals surface area contributed by atoms with Gasteiger partial charge >= 0.3 is 0 Å². The largest absolute Gasteiger partial charge is 0.395 e. The van der Waals surface area contributed by atoms with E-state index in [1.807, 2.05) is 0 Å². The van der Waals surface area contributed by atoms with E-state index in [0.717, 1.165) is 0 Å². The van der Waals surface area contributed by atoms with Crippen molar-refractivity contribution < 1.29 is 9.90 Å². The lowest BCUT2D eigenvalue weighted by atomic mass is 10.4. The van der Waals surface area contributed by atoms with Crippen molar-refractivity contribution in [3.63, 3.8) is 0 Å². The number of allylic oxidation sites excluding steroid dienone is 1. The number of aliphatic hydroxyl groups is 1. The monoisotopic (exact) mass is 129 g/mol. The number of aliphatic hydroxyl groups excluding tert-OH is 1. The molecule has 0 fully saturated rings. The minimum absolute atomic E-state index is 0.000407. The fourth-order valence-electron chi connectivity index (χ4n) is 0.324. The van der Waals surface area contributed by atoms with Crippen LogP contribution in [0.25, 0.3) is 0 Å². The normalized spacial score (nSPS) is 10.0. The van der Waals surface area contributed by atoms with Gasteiger partial charge in [-0.25, -0.2) is 0 Å². The van der Waals surface area contributed by atoms with Crippen LogP contribution >= 0.6 is 0 Å². The van der Waals surface area contributed by atoms with Gasteiger partial charge in [-0.05, 0) is 13.0 Å². The van der Waals surface area contributed by atoms with Crippen molar-refractivity contribution in [3.8, 4) is 0 Å². The van der Waals surface area contributed by atoms with Crippen LogP contribution in [0.5, 0.6) is 0 Å². The van der Waals surface area contributed by atoms with Crippen LogP contribution in [0.2, 0.25) is 0 Å². The van der Waals surface area contributed by atoms with Gasteiger partial charge in [0.25, 0.3) is 0 Å². The highest BCUT2D eigenvalue weighted by Gasteiger charge is 1.78. The highest BCUT2D eigenvalue weighted by molar-refractivity contribution is 5.87. The molecule has 0 radical (unpaired) electrons. The molecule has 0 rings (SSSR count). The third kappa shape index (κ3) is 7.17. The molecule has 0 spiro atoms. The van der Waals surface area contributed by atoms with Crippen molar-refractivity contribution >= 4 is 5.78 Å². The predicted octanol–water partition coefficient (Wildman–Crippen LogP) is -0.329. The maximum absolute atomic E-state index is 10.2. The van der Waals surface area contributed by atoms with Crippen LogP contribution in [0.1, 0.15) is 6.92 Å². The Morgan fingerprint density at radius 1 is 1.78 bits per heavy atom. The Hall–Kier alpha value is -0.830. The van der Waals surface area contributed by atoms with Crippen LogP contribution < -0.4 is 5.32 Å². The van der Waals surface area contributed by atoms with Gasteiger partial charge in [-0.1, -0.05) is 0 Å². The van der Waals surface area contributed by atoms with E-state index in [1.54, 1.807) is 0 Å². The number of carbonyl (C=O) groups excluding carboxylic acids is 1. The third-order valence-electron chi connectivity index (χ3n) is 0.692. The summed E-state index contributed by atoms with van der Waals surface area (Å²) in [7, 11) is 0. The molecule has 9 heavy (non-hydrogen) atoms. The Labute approximate surface area is 54.4 Å². The lowest BCUT2D eigenvalue weighted by Crippen LogP contribution is -2.10. The first-order chi connectivity index (χ1) is 4.27. The van der Waals surface area contributed by atoms with E-state index in [0.29, 0.717) is 6.54 Å². The standard InChI is InChI=1S/C6H11NO2/c1-6(9)2-3-7-4-5-8/h2-3,7-8H,4-5H2,1H3/b3-2-. The molecule has 0 aliphatic rings. The summed E-state index contributed by atoms with van der Waals surface area (Å²) in [6, 6.07) is 0. The molecule has 3 heteroatoms. The molecule has 0 amide bonds. The molecule has 0 aromatic rings. The van der Waals surface area contributed by atoms with Gasteiger partial charge < -0.3 is 10.4 Å². The van der Waals surface area contributed by atoms with Crippen LogP contribution in [-0.4, -0.2) is 24.0 Å². The summed E-state index contributed by atoms with van der Waals surface area (Å²) in [6.45, 7) is 2.04. The fraction of sp³-hybridized carbons (Fsp3) is 0.500. The summed E-state index contributed by atoms with van der Waals surface area (Å²) in [5.74, 6) is 0.000407. The van der Waals surface area contributed by atoms with E-state index >= 15 is 0 Å². The van der Waals surface area contributed by atoms with Crippen molar-refractivity contribution in [3.05, 3.63) is 12.3 Å². The average Bonchev–Trinajstić information content (AvgIpc) is 1.80. The summed E-state index contributed by atoms with van der Waals surface area (Å²) in [6.07, 6.45) is 2.94. The first-order valence-corrected chi connectivity index (χ1v) is 2.78. The SMILES string of the molecule is CC(=O)/C=C\NCCO. The number of hydrogen-bond donors (Lipinski definition) is 2. The van der Waals surface area contributed by atoms with E-state index < -0.39 is 0 Å². The van der Waals surface area contributed by atoms with Crippen LogP contribution in [0, 0.1) is 0 Å². The van der Waals surface area contributed by atoms with Gasteiger partial charge in [0.2, 0.25) is 0 Å². The minimum atomic E-state index is 0.000407. The third-order valence-corrected chi connectivity index (χ3v) is 0.692. The molecular formula is C6H11NO2. The van der Waals surface area contributed by atoms with Crippen molar-refractivity contribution in [2.24, 2.45) is 0 Å². The fourth-order valence-corrected chi connectivity index (χ4v) is 0.324. The second-order valence-electron chi connectivity index (χ2n) is 1.62. The highest BCUT2D eigenvalue weighted by Crippen LogP contribution is 1.69. The highest BCUT2D eigenvalue weighted by atomic mass is 16.3. The van der Waals surface area contributed by atoms with E-state index in [2.05, 4.69) is 5.32 Å². The Morgan fingerprint density at radius 3 is 2.89 bits per heavy atom. The first-order valence-electron chi connectivity index (χ1n) is 2.78. The molecule has 0 aromatic heterocycles. The maximum atomic E-state index is 10.2. The predicted molar refractivity (Wildman–Crippen MR) is 34.9 cm³/mol. The molecule has 0 aliphatic heterocycles. The zero-order valence-electron chi connectivity index (χ0n) is 5.42. The van der Waals surface area contributed by atoms with Crippen LogP contribution in [0.3, 0.4) is 0 Å². The van der Waals surface area contributed by atoms with Gasteiger partial charge in [0.05, 0.1) is 6.61 Å². The molecular weight excluding hydrogens is 118 g/mol. The minimum Gasteiger partial charge on any atom is -0.395 e. The zero-order chi connectivity index (χ0) is 7.11. The Morgan fingerprint density at radius 2 is 2.44 bits per heavy atom. The number of rotatable bonds is 4. The van der Waals surface area contributed by atoms with Gasteiger partial charge in [-0.2, -0.15) is 0 Å². The van der Waals surface area contributed by atoms with E-state index in [9.17, 15) is 4.79 Å². The van der Waals surface area contributed by atoms with Crippen molar-refractivity contribution in [2.75, 3.05) is 13.2 Å². The average molecular weight is 129 g/mol. The molecule has 0 atom stereocenters. The summed E-state index contributed by atoms with van der Waals surface area (Å²) in [4.78, 5) is 10.2. The molecule has 0 saturated heterocycles. The smallest absolute Gasteiger partial charge is 0.154 e. The molecule has 0 saturated carbocycles. The van der Waals surface area contributed by atoms with Gasteiger partial charge in [0.15, 0.2) is 5.78 Å². The first kappa shape index (κ1) is 8.17. The topological polar surface area (TPSA) is 49.3 Å². The second kappa shape index (κ2) is 5.31. The lowest BCUT2D eigenvalue weighted by Gasteiger charge is -1.91. The van der Waals surface area contributed by atoms with Gasteiger partial charge in [0, 0.05) is 12.7 Å². The molecule has 0 heterocycles. The molecule has 2 N–H and O–H groups in total. The van der Waals surface area contributed by atoms with Gasteiger partial charge in [-0.15, -0.1) is 0 Å². The van der Waals surface area contributed by atoms with Crippen LogP contribution in [-0.2, 0) is 4.79 Å². The molecule has 0 aromatic carbocycles. The van der Waals surface area contributed by atoms with E-state index in [1.165, 1.54) is 19.2 Å². The summed E-state index contributed by atoms with van der Waals surface area (Å²) in [5, 5.41) is 11.0. The van der Waals surface area contributed by atoms with Crippen molar-refractivity contribution in [1.29, 1.82) is 0 Å². The zero-order valence-corrected chi connectivity index (χ0v) is 5.42. The second-order valence-corrected chi connectivity index (χ2v) is 1.62. The molecule has 0 unspecified atom stereocenters. The quantitative estimate of drug-likeness (QED) is 0.403. The molecule has 0 bridgehead atoms. The van der Waals surface area contributed by atoms with E-state index in [4.69, 9.17) is 5.11 Å². The molecule has 52 valence electrons. The van der Waals surface area contributed by atoms with Crippen LogP contribution in [0.4, 0.5) is 0 Å². The Balaban J connectivity index is 3.15. The summed E-state index contributed by atoms with van der Waals surface area (Å²) >= 11 is 0. The number of ketones is 1. The lowest BCUT2D eigenvalue weighted by molar-refractivity contribution is -0.112.